The fraction of sp³-hybridized carbons (Fsp3) is 0.200. The van der Waals surface area contributed by atoms with Crippen LogP contribution < -0.4 is 11.0 Å². The topological polar surface area (TPSA) is 108 Å². The van der Waals surface area contributed by atoms with Crippen molar-refractivity contribution in [1.82, 2.24) is 24.7 Å². The SMILES string of the molecule is O=C(Nc1ccc(-c2nnc3n2CCCC3)cc1)c1ccc2[nH]c(=O)[nH]c2c1. The average Bonchev–Trinajstić information content (AvgIpc) is 3.30. The largest absolute Gasteiger partial charge is 0.323 e. The fourth-order valence-electron chi connectivity index (χ4n) is 3.60. The minimum atomic E-state index is -0.293. The first-order valence-electron chi connectivity index (χ1n) is 9.23. The molecule has 0 radical (unpaired) electrons. The molecule has 3 heterocycles. The predicted molar refractivity (Wildman–Crippen MR) is 105 cm³/mol. The molecule has 0 fully saturated rings. The Morgan fingerprint density at radius 3 is 2.68 bits per heavy atom. The van der Waals surface area contributed by atoms with Crippen molar-refractivity contribution in [2.24, 2.45) is 0 Å². The van der Waals surface area contributed by atoms with E-state index < -0.39 is 0 Å². The van der Waals surface area contributed by atoms with Crippen molar-refractivity contribution in [2.75, 3.05) is 5.32 Å². The van der Waals surface area contributed by atoms with Crippen LogP contribution in [0.5, 0.6) is 0 Å². The summed E-state index contributed by atoms with van der Waals surface area (Å²) in [5.41, 5.74) is 3.11. The van der Waals surface area contributed by atoms with Crippen molar-refractivity contribution in [3.8, 4) is 11.4 Å². The van der Waals surface area contributed by atoms with E-state index in [1.54, 1.807) is 18.2 Å². The normalized spacial score (nSPS) is 13.4. The third-order valence-electron chi connectivity index (χ3n) is 5.04. The number of benzene rings is 2. The molecular formula is C20H18N6O2. The van der Waals surface area contributed by atoms with Crippen molar-refractivity contribution >= 4 is 22.6 Å². The van der Waals surface area contributed by atoms with Gasteiger partial charge in [0.1, 0.15) is 5.82 Å². The van der Waals surface area contributed by atoms with Crippen LogP contribution in [0.15, 0.2) is 47.3 Å². The average molecular weight is 374 g/mol. The Morgan fingerprint density at radius 2 is 1.82 bits per heavy atom. The van der Waals surface area contributed by atoms with Crippen LogP contribution in [0.2, 0.25) is 0 Å². The Labute approximate surface area is 159 Å². The highest BCUT2D eigenvalue weighted by Gasteiger charge is 2.17. The Bertz CT molecular complexity index is 1230. The zero-order valence-electron chi connectivity index (χ0n) is 15.0. The summed E-state index contributed by atoms with van der Waals surface area (Å²) in [6, 6.07) is 12.6. The zero-order valence-corrected chi connectivity index (χ0v) is 15.0. The smallest absolute Gasteiger partial charge is 0.322 e. The summed E-state index contributed by atoms with van der Waals surface area (Å²) in [6.45, 7) is 0.944. The van der Waals surface area contributed by atoms with E-state index in [0.717, 1.165) is 43.0 Å². The maximum atomic E-state index is 12.5. The lowest BCUT2D eigenvalue weighted by atomic mass is 10.1. The molecule has 0 spiro atoms. The molecule has 2 aromatic heterocycles. The van der Waals surface area contributed by atoms with E-state index in [1.165, 1.54) is 0 Å². The molecule has 2 aromatic carbocycles. The third-order valence-corrected chi connectivity index (χ3v) is 5.04. The molecular weight excluding hydrogens is 356 g/mol. The number of hydrogen-bond acceptors (Lipinski definition) is 4. The number of carbonyl (C=O) groups is 1. The number of nitrogens with one attached hydrogen (secondary N) is 3. The highest BCUT2D eigenvalue weighted by molar-refractivity contribution is 6.05. The van der Waals surface area contributed by atoms with Crippen molar-refractivity contribution < 1.29 is 4.79 Å². The van der Waals surface area contributed by atoms with Crippen LogP contribution in [0.1, 0.15) is 29.0 Å². The predicted octanol–water partition coefficient (Wildman–Crippen LogP) is 2.70. The molecule has 1 aliphatic rings. The number of fused-ring (bicyclic) bond motifs is 2. The van der Waals surface area contributed by atoms with Crippen LogP contribution in [0.4, 0.5) is 5.69 Å². The van der Waals surface area contributed by atoms with Gasteiger partial charge in [-0.05, 0) is 55.3 Å². The Kier molecular flexibility index (Phi) is 3.82. The number of aromatic amines is 2. The quantitative estimate of drug-likeness (QED) is 0.512. The molecule has 3 N–H and O–H groups in total. The molecule has 0 atom stereocenters. The summed E-state index contributed by atoms with van der Waals surface area (Å²) >= 11 is 0. The van der Waals surface area contributed by atoms with Crippen LogP contribution in [0, 0.1) is 0 Å². The van der Waals surface area contributed by atoms with Gasteiger partial charge in [0.2, 0.25) is 0 Å². The van der Waals surface area contributed by atoms with Crippen molar-refractivity contribution in [2.45, 2.75) is 25.8 Å². The van der Waals surface area contributed by atoms with Gasteiger partial charge >= 0.3 is 5.69 Å². The molecule has 140 valence electrons. The first-order valence-corrected chi connectivity index (χ1v) is 9.23. The Balaban J connectivity index is 1.36. The molecule has 28 heavy (non-hydrogen) atoms. The molecule has 4 aromatic rings. The number of amides is 1. The number of hydrogen-bond donors (Lipinski definition) is 3. The summed E-state index contributed by atoms with van der Waals surface area (Å²) < 4.78 is 2.17. The van der Waals surface area contributed by atoms with Gasteiger partial charge < -0.3 is 19.9 Å². The molecule has 0 saturated carbocycles. The molecule has 5 rings (SSSR count). The van der Waals surface area contributed by atoms with E-state index in [1.807, 2.05) is 24.3 Å². The number of rotatable bonds is 3. The second-order valence-electron chi connectivity index (χ2n) is 6.92. The first-order chi connectivity index (χ1) is 13.7. The second-order valence-corrected chi connectivity index (χ2v) is 6.92. The minimum Gasteiger partial charge on any atom is -0.322 e. The van der Waals surface area contributed by atoms with Crippen LogP contribution in [-0.2, 0) is 13.0 Å². The molecule has 0 bridgehead atoms. The zero-order chi connectivity index (χ0) is 19.1. The first kappa shape index (κ1) is 16.5. The number of imidazole rings is 1. The summed E-state index contributed by atoms with van der Waals surface area (Å²) in [6.07, 6.45) is 3.27. The Morgan fingerprint density at radius 1 is 1.00 bits per heavy atom. The van der Waals surface area contributed by atoms with Crippen LogP contribution in [0.3, 0.4) is 0 Å². The van der Waals surface area contributed by atoms with Gasteiger partial charge in [-0.3, -0.25) is 4.79 Å². The number of aromatic nitrogens is 5. The molecule has 0 aliphatic carbocycles. The van der Waals surface area contributed by atoms with Crippen molar-refractivity contribution in [3.05, 3.63) is 64.3 Å². The number of aryl methyl sites for hydroxylation is 1. The van der Waals surface area contributed by atoms with E-state index in [-0.39, 0.29) is 11.6 Å². The van der Waals surface area contributed by atoms with E-state index >= 15 is 0 Å². The summed E-state index contributed by atoms with van der Waals surface area (Å²) in [5, 5.41) is 11.5. The number of carbonyl (C=O) groups excluding carboxylic acids is 1. The van der Waals surface area contributed by atoms with E-state index in [2.05, 4.69) is 30.0 Å². The van der Waals surface area contributed by atoms with Crippen LogP contribution >= 0.6 is 0 Å². The molecule has 8 heteroatoms. The highest BCUT2D eigenvalue weighted by atomic mass is 16.2. The molecule has 0 unspecified atom stereocenters. The van der Waals surface area contributed by atoms with E-state index in [0.29, 0.717) is 22.3 Å². The summed E-state index contributed by atoms with van der Waals surface area (Å²) in [4.78, 5) is 29.2. The molecule has 1 aliphatic heterocycles. The maximum absolute atomic E-state index is 12.5. The second kappa shape index (κ2) is 6.49. The van der Waals surface area contributed by atoms with Gasteiger partial charge in [-0.2, -0.15) is 0 Å². The van der Waals surface area contributed by atoms with Gasteiger partial charge in [-0.25, -0.2) is 4.79 Å². The van der Waals surface area contributed by atoms with Crippen LogP contribution in [0.25, 0.3) is 22.4 Å². The molecule has 8 nitrogen and oxygen atoms in total. The van der Waals surface area contributed by atoms with Gasteiger partial charge in [0.25, 0.3) is 5.91 Å². The number of H-pyrrole nitrogens is 2. The van der Waals surface area contributed by atoms with Gasteiger partial charge in [0, 0.05) is 29.8 Å². The van der Waals surface area contributed by atoms with Crippen molar-refractivity contribution in [3.63, 3.8) is 0 Å². The summed E-state index contributed by atoms with van der Waals surface area (Å²) in [7, 11) is 0. The highest BCUT2D eigenvalue weighted by Crippen LogP contribution is 2.24. The van der Waals surface area contributed by atoms with Gasteiger partial charge in [-0.1, -0.05) is 0 Å². The molecule has 0 saturated heterocycles. The van der Waals surface area contributed by atoms with Gasteiger partial charge in [0.05, 0.1) is 11.0 Å². The number of nitrogens with zero attached hydrogens (tertiary/aromatic N) is 3. The van der Waals surface area contributed by atoms with Gasteiger partial charge in [-0.15, -0.1) is 10.2 Å². The lowest BCUT2D eigenvalue weighted by molar-refractivity contribution is 0.102. The lowest BCUT2D eigenvalue weighted by Crippen LogP contribution is -2.12. The lowest BCUT2D eigenvalue weighted by Gasteiger charge is -2.14. The monoisotopic (exact) mass is 374 g/mol. The Hall–Kier alpha value is -3.68. The number of anilines is 1. The van der Waals surface area contributed by atoms with Crippen molar-refractivity contribution in [1.29, 1.82) is 0 Å². The third kappa shape index (κ3) is 2.88. The van der Waals surface area contributed by atoms with Crippen LogP contribution in [-0.4, -0.2) is 30.6 Å². The van der Waals surface area contributed by atoms with E-state index in [4.69, 9.17) is 0 Å². The van der Waals surface area contributed by atoms with Gasteiger partial charge in [0.15, 0.2) is 5.82 Å². The van der Waals surface area contributed by atoms with E-state index in [9.17, 15) is 9.59 Å². The molecule has 1 amide bonds. The minimum absolute atomic E-state index is 0.239. The summed E-state index contributed by atoms with van der Waals surface area (Å²) in [5.74, 6) is 1.67. The standard InChI is InChI=1S/C20H18N6O2/c27-19(13-6-9-15-16(11-13)23-20(28)22-15)21-14-7-4-12(5-8-14)18-25-24-17-3-1-2-10-26(17)18/h4-9,11H,1-3,10H2,(H,21,27)(H2,22,23,28). The maximum Gasteiger partial charge on any atom is 0.323 e. The fourth-order valence-corrected chi connectivity index (χ4v) is 3.60.